The lowest BCUT2D eigenvalue weighted by Crippen LogP contribution is -1.99. The first-order valence-electron chi connectivity index (χ1n) is 3.02. The van der Waals surface area contributed by atoms with E-state index < -0.39 is 6.10 Å². The van der Waals surface area contributed by atoms with Crippen LogP contribution in [0.2, 0.25) is 0 Å². The molecule has 0 bridgehead atoms. The average Bonchev–Trinajstić information content (AvgIpc) is 2.05. The van der Waals surface area contributed by atoms with Crippen LogP contribution in [0, 0.1) is 0 Å². The SMILES string of the molecule is C=CC(O)c1ncc(Br)cn1. The number of hydrogen-bond donors (Lipinski definition) is 1. The van der Waals surface area contributed by atoms with E-state index in [2.05, 4.69) is 32.5 Å². The molecule has 1 atom stereocenters. The number of rotatable bonds is 2. The number of halogens is 1. The van der Waals surface area contributed by atoms with E-state index in [1.54, 1.807) is 12.4 Å². The van der Waals surface area contributed by atoms with Gasteiger partial charge in [-0.25, -0.2) is 9.97 Å². The van der Waals surface area contributed by atoms with Gasteiger partial charge < -0.3 is 5.11 Å². The van der Waals surface area contributed by atoms with E-state index in [0.717, 1.165) is 4.47 Å². The summed E-state index contributed by atoms with van der Waals surface area (Å²) in [5.41, 5.74) is 0. The molecule has 0 aliphatic rings. The van der Waals surface area contributed by atoms with Crippen molar-refractivity contribution < 1.29 is 5.11 Å². The van der Waals surface area contributed by atoms with Gasteiger partial charge in [0.1, 0.15) is 6.10 Å². The molecular weight excluding hydrogens is 208 g/mol. The molecule has 1 aromatic heterocycles. The van der Waals surface area contributed by atoms with Gasteiger partial charge in [0.2, 0.25) is 0 Å². The summed E-state index contributed by atoms with van der Waals surface area (Å²) in [6.07, 6.45) is 3.76. The molecule has 0 aliphatic carbocycles. The lowest BCUT2D eigenvalue weighted by Gasteiger charge is -2.01. The molecule has 3 nitrogen and oxygen atoms in total. The molecule has 1 N–H and O–H groups in total. The molecule has 1 unspecified atom stereocenters. The number of aliphatic hydroxyl groups is 1. The van der Waals surface area contributed by atoms with Crippen molar-refractivity contribution in [2.75, 3.05) is 0 Å². The number of aliphatic hydroxyl groups excluding tert-OH is 1. The Kier molecular flexibility index (Phi) is 2.73. The zero-order valence-corrected chi connectivity index (χ0v) is 7.32. The minimum Gasteiger partial charge on any atom is -0.381 e. The molecule has 0 fully saturated rings. The molecule has 0 saturated heterocycles. The van der Waals surface area contributed by atoms with Gasteiger partial charge in [0.05, 0.1) is 4.47 Å². The lowest BCUT2D eigenvalue weighted by molar-refractivity contribution is 0.218. The summed E-state index contributed by atoms with van der Waals surface area (Å²) in [5.74, 6) is 0.364. The molecule has 0 aliphatic heterocycles. The third-order valence-electron chi connectivity index (χ3n) is 1.13. The van der Waals surface area contributed by atoms with E-state index in [-0.39, 0.29) is 0 Å². The highest BCUT2D eigenvalue weighted by atomic mass is 79.9. The van der Waals surface area contributed by atoms with Crippen LogP contribution in [0.25, 0.3) is 0 Å². The van der Waals surface area contributed by atoms with E-state index in [9.17, 15) is 0 Å². The van der Waals surface area contributed by atoms with Crippen molar-refractivity contribution in [3.05, 3.63) is 35.3 Å². The summed E-state index contributed by atoms with van der Waals surface area (Å²) in [6.45, 7) is 3.42. The monoisotopic (exact) mass is 214 g/mol. The quantitative estimate of drug-likeness (QED) is 0.759. The maximum Gasteiger partial charge on any atom is 0.160 e. The first kappa shape index (κ1) is 8.36. The predicted octanol–water partition coefficient (Wildman–Crippen LogP) is 1.46. The highest BCUT2D eigenvalue weighted by Crippen LogP contribution is 2.10. The van der Waals surface area contributed by atoms with Crippen LogP contribution in [0.1, 0.15) is 11.9 Å². The van der Waals surface area contributed by atoms with E-state index in [4.69, 9.17) is 5.11 Å². The number of nitrogens with zero attached hydrogens (tertiary/aromatic N) is 2. The summed E-state index contributed by atoms with van der Waals surface area (Å²) in [5, 5.41) is 9.16. The summed E-state index contributed by atoms with van der Waals surface area (Å²) < 4.78 is 0.789. The van der Waals surface area contributed by atoms with Gasteiger partial charge in [-0.3, -0.25) is 0 Å². The summed E-state index contributed by atoms with van der Waals surface area (Å²) in [4.78, 5) is 7.74. The van der Waals surface area contributed by atoms with Gasteiger partial charge in [-0.2, -0.15) is 0 Å². The Morgan fingerprint density at radius 3 is 2.55 bits per heavy atom. The molecule has 1 rings (SSSR count). The molecule has 0 aromatic carbocycles. The van der Waals surface area contributed by atoms with Crippen LogP contribution in [-0.2, 0) is 0 Å². The van der Waals surface area contributed by atoms with Crippen molar-refractivity contribution >= 4 is 15.9 Å². The molecule has 58 valence electrons. The van der Waals surface area contributed by atoms with Crippen molar-refractivity contribution in [1.29, 1.82) is 0 Å². The second-order valence-corrected chi connectivity index (χ2v) is 2.86. The zero-order chi connectivity index (χ0) is 8.27. The largest absolute Gasteiger partial charge is 0.381 e. The molecule has 11 heavy (non-hydrogen) atoms. The van der Waals surface area contributed by atoms with Crippen LogP contribution in [0.15, 0.2) is 29.5 Å². The molecule has 4 heteroatoms. The van der Waals surface area contributed by atoms with Crippen molar-refractivity contribution in [1.82, 2.24) is 9.97 Å². The van der Waals surface area contributed by atoms with Gasteiger partial charge >= 0.3 is 0 Å². The Labute approximate surface area is 72.9 Å². The van der Waals surface area contributed by atoms with E-state index >= 15 is 0 Å². The van der Waals surface area contributed by atoms with Gasteiger partial charge in [0, 0.05) is 12.4 Å². The van der Waals surface area contributed by atoms with Crippen LogP contribution in [-0.4, -0.2) is 15.1 Å². The van der Waals surface area contributed by atoms with Gasteiger partial charge in [-0.15, -0.1) is 6.58 Å². The second kappa shape index (κ2) is 3.59. The smallest absolute Gasteiger partial charge is 0.160 e. The van der Waals surface area contributed by atoms with Gasteiger partial charge in [-0.1, -0.05) is 6.08 Å². The molecule has 0 saturated carbocycles. The van der Waals surface area contributed by atoms with E-state index in [0.29, 0.717) is 5.82 Å². The van der Waals surface area contributed by atoms with Gasteiger partial charge in [0.25, 0.3) is 0 Å². The molecule has 0 amide bonds. The van der Waals surface area contributed by atoms with Crippen molar-refractivity contribution in [3.63, 3.8) is 0 Å². The van der Waals surface area contributed by atoms with Crippen molar-refractivity contribution in [2.45, 2.75) is 6.10 Å². The van der Waals surface area contributed by atoms with E-state index in [1.807, 2.05) is 0 Å². The topological polar surface area (TPSA) is 46.0 Å². The summed E-state index contributed by atoms with van der Waals surface area (Å²) >= 11 is 3.18. The Balaban J connectivity index is 2.89. The van der Waals surface area contributed by atoms with Gasteiger partial charge in [-0.05, 0) is 15.9 Å². The highest BCUT2D eigenvalue weighted by Gasteiger charge is 2.03. The maximum atomic E-state index is 9.16. The first-order chi connectivity index (χ1) is 5.24. The van der Waals surface area contributed by atoms with Crippen LogP contribution in [0.3, 0.4) is 0 Å². The number of hydrogen-bond acceptors (Lipinski definition) is 3. The van der Waals surface area contributed by atoms with E-state index in [1.165, 1.54) is 6.08 Å². The Morgan fingerprint density at radius 1 is 1.55 bits per heavy atom. The minimum absolute atomic E-state index is 0.364. The highest BCUT2D eigenvalue weighted by molar-refractivity contribution is 9.10. The lowest BCUT2D eigenvalue weighted by atomic mass is 10.3. The fourth-order valence-corrected chi connectivity index (χ4v) is 0.785. The second-order valence-electron chi connectivity index (χ2n) is 1.94. The van der Waals surface area contributed by atoms with Crippen molar-refractivity contribution in [3.8, 4) is 0 Å². The Bertz CT molecular complexity index is 247. The summed E-state index contributed by atoms with van der Waals surface area (Å²) in [6, 6.07) is 0. The Hall–Kier alpha value is -0.740. The number of aromatic nitrogens is 2. The fourth-order valence-electron chi connectivity index (χ4n) is 0.580. The average molecular weight is 215 g/mol. The summed E-state index contributed by atoms with van der Waals surface area (Å²) in [7, 11) is 0. The predicted molar refractivity (Wildman–Crippen MR) is 44.9 cm³/mol. The third-order valence-corrected chi connectivity index (χ3v) is 1.54. The molecular formula is C7H7BrN2O. The fraction of sp³-hybridized carbons (Fsp3) is 0.143. The third kappa shape index (κ3) is 2.10. The zero-order valence-electron chi connectivity index (χ0n) is 5.74. The molecule has 1 heterocycles. The maximum absolute atomic E-state index is 9.16. The van der Waals surface area contributed by atoms with Crippen LogP contribution in [0.4, 0.5) is 0 Å². The van der Waals surface area contributed by atoms with Crippen LogP contribution < -0.4 is 0 Å². The minimum atomic E-state index is -0.775. The van der Waals surface area contributed by atoms with Crippen LogP contribution in [0.5, 0.6) is 0 Å². The Morgan fingerprint density at radius 2 is 2.09 bits per heavy atom. The molecule has 1 aromatic rings. The molecule has 0 radical (unpaired) electrons. The van der Waals surface area contributed by atoms with Gasteiger partial charge in [0.15, 0.2) is 5.82 Å². The van der Waals surface area contributed by atoms with Crippen molar-refractivity contribution in [2.24, 2.45) is 0 Å². The first-order valence-corrected chi connectivity index (χ1v) is 3.81. The normalized spacial score (nSPS) is 12.5. The standard InChI is InChI=1S/C7H7BrN2O/c1-2-6(11)7-9-3-5(8)4-10-7/h2-4,6,11H,1H2. The molecule has 0 spiro atoms. The van der Waals surface area contributed by atoms with Crippen LogP contribution >= 0.6 is 15.9 Å².